The fraction of sp³-hybridized carbons (Fsp3) is 0.800. The van der Waals surface area contributed by atoms with Crippen molar-refractivity contribution in [1.82, 2.24) is 15.5 Å². The van der Waals surface area contributed by atoms with Crippen LogP contribution in [-0.2, 0) is 6.54 Å². The van der Waals surface area contributed by atoms with E-state index >= 15 is 0 Å². The lowest BCUT2D eigenvalue weighted by Crippen LogP contribution is -2.05. The van der Waals surface area contributed by atoms with Crippen LogP contribution in [0.5, 0.6) is 0 Å². The van der Waals surface area contributed by atoms with Gasteiger partial charge in [0.1, 0.15) is 0 Å². The number of anilines is 1. The molecule has 5 nitrogen and oxygen atoms in total. The molecule has 0 aliphatic heterocycles. The SMILES string of the molecule is CNCc1nnc(NCCCC(C)C)o1. The van der Waals surface area contributed by atoms with Crippen LogP contribution < -0.4 is 10.6 Å². The van der Waals surface area contributed by atoms with E-state index in [2.05, 4.69) is 34.7 Å². The second-order valence-corrected chi connectivity index (χ2v) is 3.99. The average molecular weight is 212 g/mol. The maximum atomic E-state index is 5.34. The van der Waals surface area contributed by atoms with Crippen LogP contribution in [0.15, 0.2) is 4.42 Å². The van der Waals surface area contributed by atoms with Crippen molar-refractivity contribution >= 4 is 6.01 Å². The van der Waals surface area contributed by atoms with Crippen LogP contribution in [0.4, 0.5) is 6.01 Å². The summed E-state index contributed by atoms with van der Waals surface area (Å²) in [6, 6.07) is 0.518. The van der Waals surface area contributed by atoms with Gasteiger partial charge in [0.2, 0.25) is 5.89 Å². The van der Waals surface area contributed by atoms with Crippen molar-refractivity contribution in [3.63, 3.8) is 0 Å². The maximum absolute atomic E-state index is 5.34. The van der Waals surface area contributed by atoms with Crippen molar-refractivity contribution in [1.29, 1.82) is 0 Å². The predicted molar refractivity (Wildman–Crippen MR) is 59.6 cm³/mol. The van der Waals surface area contributed by atoms with Crippen LogP contribution in [0.25, 0.3) is 0 Å². The van der Waals surface area contributed by atoms with E-state index in [0.29, 0.717) is 18.5 Å². The molecule has 1 heterocycles. The van der Waals surface area contributed by atoms with Gasteiger partial charge in [0.05, 0.1) is 6.54 Å². The summed E-state index contributed by atoms with van der Waals surface area (Å²) in [4.78, 5) is 0. The van der Waals surface area contributed by atoms with E-state index in [1.807, 2.05) is 7.05 Å². The van der Waals surface area contributed by atoms with Crippen LogP contribution in [-0.4, -0.2) is 23.8 Å². The smallest absolute Gasteiger partial charge is 0.315 e. The molecule has 0 aliphatic rings. The molecule has 15 heavy (non-hydrogen) atoms. The number of nitrogens with zero attached hydrogens (tertiary/aromatic N) is 2. The van der Waals surface area contributed by atoms with E-state index in [-0.39, 0.29) is 0 Å². The molecule has 5 heteroatoms. The van der Waals surface area contributed by atoms with Crippen LogP contribution in [0.3, 0.4) is 0 Å². The zero-order chi connectivity index (χ0) is 11.1. The molecular weight excluding hydrogens is 192 g/mol. The van der Waals surface area contributed by atoms with Crippen molar-refractivity contribution in [2.75, 3.05) is 18.9 Å². The summed E-state index contributed by atoms with van der Waals surface area (Å²) in [5, 5.41) is 13.8. The van der Waals surface area contributed by atoms with Crippen LogP contribution in [0, 0.1) is 5.92 Å². The molecule has 0 saturated heterocycles. The van der Waals surface area contributed by atoms with Gasteiger partial charge in [-0.15, -0.1) is 5.10 Å². The first kappa shape index (κ1) is 12.0. The number of nitrogens with one attached hydrogen (secondary N) is 2. The van der Waals surface area contributed by atoms with Gasteiger partial charge in [0, 0.05) is 6.54 Å². The predicted octanol–water partition coefficient (Wildman–Crippen LogP) is 1.64. The van der Waals surface area contributed by atoms with Gasteiger partial charge in [-0.05, 0) is 25.8 Å². The van der Waals surface area contributed by atoms with E-state index in [1.165, 1.54) is 6.42 Å². The zero-order valence-electron chi connectivity index (χ0n) is 9.71. The van der Waals surface area contributed by atoms with Crippen molar-refractivity contribution in [3.8, 4) is 0 Å². The van der Waals surface area contributed by atoms with Crippen molar-refractivity contribution in [2.24, 2.45) is 5.92 Å². The first-order valence-corrected chi connectivity index (χ1v) is 5.43. The molecule has 2 N–H and O–H groups in total. The Bertz CT molecular complexity index is 272. The van der Waals surface area contributed by atoms with Gasteiger partial charge in [-0.25, -0.2) is 0 Å². The molecule has 0 bridgehead atoms. The minimum absolute atomic E-state index is 0.518. The fourth-order valence-electron chi connectivity index (χ4n) is 1.25. The number of aromatic nitrogens is 2. The molecule has 1 aromatic rings. The zero-order valence-corrected chi connectivity index (χ0v) is 9.71. The van der Waals surface area contributed by atoms with Gasteiger partial charge in [-0.1, -0.05) is 18.9 Å². The number of rotatable bonds is 7. The molecule has 1 rings (SSSR count). The van der Waals surface area contributed by atoms with Gasteiger partial charge in [-0.2, -0.15) is 0 Å². The molecule has 0 spiro atoms. The largest absolute Gasteiger partial charge is 0.407 e. The second kappa shape index (κ2) is 6.40. The Balaban J connectivity index is 2.19. The highest BCUT2D eigenvalue weighted by atomic mass is 16.4. The Hall–Kier alpha value is -1.10. The maximum Gasteiger partial charge on any atom is 0.315 e. The standard InChI is InChI=1S/C10H20N4O/c1-8(2)5-4-6-12-10-14-13-9(15-10)7-11-3/h8,11H,4-7H2,1-3H3,(H,12,14). The lowest BCUT2D eigenvalue weighted by Gasteiger charge is -2.03. The average Bonchev–Trinajstić information content (AvgIpc) is 2.61. The highest BCUT2D eigenvalue weighted by Crippen LogP contribution is 2.07. The molecule has 0 saturated carbocycles. The summed E-state index contributed by atoms with van der Waals surface area (Å²) in [5.74, 6) is 1.36. The summed E-state index contributed by atoms with van der Waals surface area (Å²) >= 11 is 0. The highest BCUT2D eigenvalue weighted by Gasteiger charge is 2.03. The number of hydrogen-bond acceptors (Lipinski definition) is 5. The lowest BCUT2D eigenvalue weighted by atomic mass is 10.1. The normalized spacial score (nSPS) is 10.9. The number of hydrogen-bond donors (Lipinski definition) is 2. The fourth-order valence-corrected chi connectivity index (χ4v) is 1.25. The Morgan fingerprint density at radius 3 is 2.80 bits per heavy atom. The molecule has 0 amide bonds. The highest BCUT2D eigenvalue weighted by molar-refractivity contribution is 5.16. The Kier molecular flexibility index (Phi) is 5.10. The lowest BCUT2D eigenvalue weighted by molar-refractivity contribution is 0.486. The Morgan fingerprint density at radius 1 is 1.33 bits per heavy atom. The molecule has 0 aliphatic carbocycles. The van der Waals surface area contributed by atoms with E-state index in [0.717, 1.165) is 18.9 Å². The molecule has 86 valence electrons. The van der Waals surface area contributed by atoms with Crippen LogP contribution >= 0.6 is 0 Å². The van der Waals surface area contributed by atoms with Gasteiger partial charge in [0.15, 0.2) is 0 Å². The molecule has 0 aromatic carbocycles. The first-order valence-electron chi connectivity index (χ1n) is 5.43. The molecular formula is C10H20N4O. The molecule has 0 fully saturated rings. The summed E-state index contributed by atoms with van der Waals surface area (Å²) < 4.78 is 5.34. The van der Waals surface area contributed by atoms with E-state index in [9.17, 15) is 0 Å². The van der Waals surface area contributed by atoms with Gasteiger partial charge in [0.25, 0.3) is 0 Å². The second-order valence-electron chi connectivity index (χ2n) is 3.99. The van der Waals surface area contributed by atoms with Gasteiger partial charge >= 0.3 is 6.01 Å². The molecule has 0 atom stereocenters. The monoisotopic (exact) mass is 212 g/mol. The summed E-state index contributed by atoms with van der Waals surface area (Å²) in [5.41, 5.74) is 0. The topological polar surface area (TPSA) is 63.0 Å². The summed E-state index contributed by atoms with van der Waals surface area (Å²) in [7, 11) is 1.85. The van der Waals surface area contributed by atoms with Crippen molar-refractivity contribution in [3.05, 3.63) is 5.89 Å². The van der Waals surface area contributed by atoms with Crippen LogP contribution in [0.2, 0.25) is 0 Å². The summed E-state index contributed by atoms with van der Waals surface area (Å²) in [6.45, 7) is 5.94. The minimum atomic E-state index is 0.518. The van der Waals surface area contributed by atoms with E-state index in [4.69, 9.17) is 4.42 Å². The summed E-state index contributed by atoms with van der Waals surface area (Å²) in [6.07, 6.45) is 2.34. The van der Waals surface area contributed by atoms with Gasteiger partial charge in [-0.3, -0.25) is 0 Å². The van der Waals surface area contributed by atoms with Crippen molar-refractivity contribution in [2.45, 2.75) is 33.2 Å². The van der Waals surface area contributed by atoms with Crippen molar-refractivity contribution < 1.29 is 4.42 Å². The third-order valence-corrected chi connectivity index (χ3v) is 2.03. The molecule has 0 unspecified atom stereocenters. The first-order chi connectivity index (χ1) is 7.22. The third-order valence-electron chi connectivity index (χ3n) is 2.03. The Labute approximate surface area is 90.7 Å². The van der Waals surface area contributed by atoms with Crippen LogP contribution in [0.1, 0.15) is 32.6 Å². The van der Waals surface area contributed by atoms with Gasteiger partial charge < -0.3 is 15.1 Å². The van der Waals surface area contributed by atoms with E-state index < -0.39 is 0 Å². The molecule has 0 radical (unpaired) electrons. The van der Waals surface area contributed by atoms with E-state index in [1.54, 1.807) is 0 Å². The third kappa shape index (κ3) is 4.78. The quantitative estimate of drug-likeness (QED) is 0.673. The molecule has 1 aromatic heterocycles. The Morgan fingerprint density at radius 2 is 2.13 bits per heavy atom. The minimum Gasteiger partial charge on any atom is -0.407 e.